The normalized spacial score (nSPS) is 10.8. The number of aromatic nitrogens is 1. The summed E-state index contributed by atoms with van der Waals surface area (Å²) in [4.78, 5) is 16.6. The molecular formula is C18H15ClN2O2S. The maximum absolute atomic E-state index is 12.1. The highest BCUT2D eigenvalue weighted by Crippen LogP contribution is 2.27. The van der Waals surface area contributed by atoms with Gasteiger partial charge in [-0.3, -0.25) is 4.79 Å². The van der Waals surface area contributed by atoms with Crippen molar-refractivity contribution in [3.8, 4) is 5.75 Å². The maximum atomic E-state index is 12.1. The number of halogens is 1. The smallest absolute Gasteiger partial charge is 0.234 e. The fourth-order valence-electron chi connectivity index (χ4n) is 2.33. The molecule has 4 nitrogen and oxygen atoms in total. The van der Waals surface area contributed by atoms with Gasteiger partial charge in [-0.25, -0.2) is 4.98 Å². The summed E-state index contributed by atoms with van der Waals surface area (Å²) in [6, 6.07) is 14.4. The molecule has 3 aromatic rings. The van der Waals surface area contributed by atoms with Crippen molar-refractivity contribution in [3.63, 3.8) is 0 Å². The number of benzene rings is 2. The summed E-state index contributed by atoms with van der Waals surface area (Å²) < 4.78 is 0. The van der Waals surface area contributed by atoms with Gasteiger partial charge in [0.25, 0.3) is 0 Å². The Morgan fingerprint density at radius 3 is 2.88 bits per heavy atom. The topological polar surface area (TPSA) is 62.2 Å². The molecule has 1 heterocycles. The highest BCUT2D eigenvalue weighted by Gasteiger charge is 2.09. The molecule has 0 radical (unpaired) electrons. The molecule has 0 aliphatic rings. The van der Waals surface area contributed by atoms with Crippen LogP contribution in [-0.2, 0) is 4.79 Å². The first-order valence-electron chi connectivity index (χ1n) is 7.30. The van der Waals surface area contributed by atoms with Crippen LogP contribution in [0.25, 0.3) is 10.9 Å². The van der Waals surface area contributed by atoms with Gasteiger partial charge in [-0.2, -0.15) is 0 Å². The van der Waals surface area contributed by atoms with E-state index in [-0.39, 0.29) is 17.4 Å². The van der Waals surface area contributed by atoms with Crippen LogP contribution in [0.5, 0.6) is 5.75 Å². The van der Waals surface area contributed by atoms with E-state index in [0.717, 1.165) is 21.5 Å². The summed E-state index contributed by atoms with van der Waals surface area (Å²) >= 11 is 7.22. The van der Waals surface area contributed by atoms with Crippen molar-refractivity contribution in [2.75, 3.05) is 11.1 Å². The van der Waals surface area contributed by atoms with Crippen LogP contribution in [0.3, 0.4) is 0 Å². The predicted octanol–water partition coefficient (Wildman–Crippen LogP) is 4.63. The number of carbonyl (C=O) groups is 1. The van der Waals surface area contributed by atoms with Gasteiger partial charge in [0, 0.05) is 10.4 Å². The van der Waals surface area contributed by atoms with E-state index in [1.54, 1.807) is 6.07 Å². The van der Waals surface area contributed by atoms with Gasteiger partial charge >= 0.3 is 0 Å². The van der Waals surface area contributed by atoms with E-state index < -0.39 is 0 Å². The van der Waals surface area contributed by atoms with Crippen molar-refractivity contribution in [2.24, 2.45) is 0 Å². The van der Waals surface area contributed by atoms with Crippen molar-refractivity contribution < 1.29 is 9.90 Å². The zero-order chi connectivity index (χ0) is 17.1. The molecule has 0 spiro atoms. The number of nitrogens with one attached hydrogen (secondary N) is 1. The monoisotopic (exact) mass is 358 g/mol. The molecule has 1 aromatic heterocycles. The molecule has 0 bridgehead atoms. The lowest BCUT2D eigenvalue weighted by Gasteiger charge is -2.08. The van der Waals surface area contributed by atoms with E-state index in [1.165, 1.54) is 23.9 Å². The van der Waals surface area contributed by atoms with Crippen LogP contribution in [0, 0.1) is 6.92 Å². The molecular weight excluding hydrogens is 344 g/mol. The number of aryl methyl sites for hydroxylation is 1. The Morgan fingerprint density at radius 1 is 1.25 bits per heavy atom. The van der Waals surface area contributed by atoms with E-state index >= 15 is 0 Å². The second kappa shape index (κ2) is 7.11. The van der Waals surface area contributed by atoms with Crippen LogP contribution in [0.2, 0.25) is 5.02 Å². The number of nitrogens with zero attached hydrogens (tertiary/aromatic N) is 1. The Hall–Kier alpha value is -2.24. The SMILES string of the molecule is Cc1cc(SCC(=O)Nc2cc(Cl)ccc2O)nc2ccccc12. The number of carbonyl (C=O) groups excluding carboxylic acids is 1. The van der Waals surface area contributed by atoms with Crippen LogP contribution in [-0.4, -0.2) is 21.8 Å². The van der Waals surface area contributed by atoms with E-state index in [2.05, 4.69) is 10.3 Å². The van der Waals surface area contributed by atoms with Crippen LogP contribution < -0.4 is 5.32 Å². The minimum atomic E-state index is -0.231. The van der Waals surface area contributed by atoms with Crippen LogP contribution in [0.1, 0.15) is 5.56 Å². The number of rotatable bonds is 4. The highest BCUT2D eigenvalue weighted by molar-refractivity contribution is 7.99. The summed E-state index contributed by atoms with van der Waals surface area (Å²) in [6.07, 6.45) is 0. The molecule has 0 saturated heterocycles. The zero-order valence-electron chi connectivity index (χ0n) is 12.9. The first kappa shape index (κ1) is 16.6. The van der Waals surface area contributed by atoms with Crippen molar-refractivity contribution in [2.45, 2.75) is 11.9 Å². The van der Waals surface area contributed by atoms with Crippen molar-refractivity contribution in [1.82, 2.24) is 4.98 Å². The number of phenolic OH excluding ortho intramolecular Hbond substituents is 1. The van der Waals surface area contributed by atoms with Gasteiger partial charge in [-0.05, 0) is 42.8 Å². The number of para-hydroxylation sites is 1. The molecule has 0 atom stereocenters. The van der Waals surface area contributed by atoms with Crippen molar-refractivity contribution in [3.05, 3.63) is 59.1 Å². The number of thioether (sulfide) groups is 1. The lowest BCUT2D eigenvalue weighted by atomic mass is 10.1. The number of pyridine rings is 1. The molecule has 0 fully saturated rings. The first-order valence-corrected chi connectivity index (χ1v) is 8.67. The summed E-state index contributed by atoms with van der Waals surface area (Å²) in [7, 11) is 0. The van der Waals surface area contributed by atoms with Gasteiger partial charge in [0.2, 0.25) is 5.91 Å². The van der Waals surface area contributed by atoms with Crippen molar-refractivity contribution in [1.29, 1.82) is 0 Å². The standard InChI is InChI=1S/C18H15ClN2O2S/c1-11-8-18(21-14-5-3-2-4-13(11)14)24-10-17(23)20-15-9-12(19)6-7-16(15)22/h2-9,22H,10H2,1H3,(H,20,23). The molecule has 0 aliphatic heterocycles. The molecule has 0 aliphatic carbocycles. The second-order valence-electron chi connectivity index (χ2n) is 5.29. The van der Waals surface area contributed by atoms with E-state index in [4.69, 9.17) is 11.6 Å². The van der Waals surface area contributed by atoms with Gasteiger partial charge in [0.05, 0.1) is 22.0 Å². The maximum Gasteiger partial charge on any atom is 0.234 e. The first-order chi connectivity index (χ1) is 11.5. The van der Waals surface area contributed by atoms with Crippen LogP contribution in [0.4, 0.5) is 5.69 Å². The van der Waals surface area contributed by atoms with E-state index in [0.29, 0.717) is 10.7 Å². The highest BCUT2D eigenvalue weighted by atomic mass is 35.5. The molecule has 0 saturated carbocycles. The van der Waals surface area contributed by atoms with Crippen LogP contribution >= 0.6 is 23.4 Å². The van der Waals surface area contributed by atoms with Gasteiger partial charge < -0.3 is 10.4 Å². The molecule has 2 N–H and O–H groups in total. The average Bonchev–Trinajstić information content (AvgIpc) is 2.56. The third-order valence-electron chi connectivity index (χ3n) is 3.48. The molecule has 6 heteroatoms. The predicted molar refractivity (Wildman–Crippen MR) is 99.0 cm³/mol. The Morgan fingerprint density at radius 2 is 2.04 bits per heavy atom. The number of amides is 1. The quantitative estimate of drug-likeness (QED) is 0.527. The van der Waals surface area contributed by atoms with E-state index in [1.807, 2.05) is 37.3 Å². The van der Waals surface area contributed by atoms with Crippen molar-refractivity contribution >= 4 is 45.9 Å². The zero-order valence-corrected chi connectivity index (χ0v) is 14.5. The Bertz CT molecular complexity index is 915. The summed E-state index contributed by atoms with van der Waals surface area (Å²) in [5.41, 5.74) is 2.33. The number of hydrogen-bond acceptors (Lipinski definition) is 4. The summed E-state index contributed by atoms with van der Waals surface area (Å²) in [5, 5.41) is 14.7. The van der Waals surface area contributed by atoms with Gasteiger partial charge in [-0.15, -0.1) is 0 Å². The number of aromatic hydroxyl groups is 1. The lowest BCUT2D eigenvalue weighted by molar-refractivity contribution is -0.113. The molecule has 0 unspecified atom stereocenters. The minimum absolute atomic E-state index is 0.0163. The number of hydrogen-bond donors (Lipinski definition) is 2. The third-order valence-corrected chi connectivity index (χ3v) is 4.63. The Labute approximate surface area is 148 Å². The van der Waals surface area contributed by atoms with Crippen LogP contribution in [0.15, 0.2) is 53.6 Å². The van der Waals surface area contributed by atoms with Gasteiger partial charge in [0.1, 0.15) is 5.75 Å². The molecule has 122 valence electrons. The number of anilines is 1. The summed E-state index contributed by atoms with van der Waals surface area (Å²) in [6.45, 7) is 2.03. The Balaban J connectivity index is 1.69. The lowest BCUT2D eigenvalue weighted by Crippen LogP contribution is -2.14. The van der Waals surface area contributed by atoms with Gasteiger partial charge in [0.15, 0.2) is 0 Å². The fourth-order valence-corrected chi connectivity index (χ4v) is 3.27. The van der Waals surface area contributed by atoms with Gasteiger partial charge in [-0.1, -0.05) is 41.6 Å². The number of fused-ring (bicyclic) bond motifs is 1. The largest absolute Gasteiger partial charge is 0.506 e. The molecule has 1 amide bonds. The molecule has 3 rings (SSSR count). The average molecular weight is 359 g/mol. The fraction of sp³-hybridized carbons (Fsp3) is 0.111. The Kier molecular flexibility index (Phi) is 4.92. The van der Waals surface area contributed by atoms with E-state index in [9.17, 15) is 9.90 Å². The third kappa shape index (κ3) is 3.80. The summed E-state index contributed by atoms with van der Waals surface area (Å²) in [5.74, 6) is -0.0564. The minimum Gasteiger partial charge on any atom is -0.506 e. The second-order valence-corrected chi connectivity index (χ2v) is 6.72. The molecule has 24 heavy (non-hydrogen) atoms. The number of phenols is 1. The molecule has 2 aromatic carbocycles.